The standard InChI is InChI=1S/C24H33ClN4O3S/c1-3-28-16-14-19-10-11-20(18-28)29(19)23-13-12-22(25)24(26-23)33(30,31)27(2)15-7-17-32-21-8-5-4-6-9-21/h4-6,8-9,12-13,19-20H,3,7,10-11,14-18H2,1-2H3. The van der Waals surface area contributed by atoms with Crippen LogP contribution in [0.25, 0.3) is 0 Å². The molecule has 1 aromatic heterocycles. The molecule has 1 aromatic carbocycles. The highest BCUT2D eigenvalue weighted by molar-refractivity contribution is 7.89. The van der Waals surface area contributed by atoms with Crippen molar-refractivity contribution in [3.8, 4) is 5.75 Å². The third kappa shape index (κ3) is 5.45. The van der Waals surface area contributed by atoms with Crippen LogP contribution in [-0.4, -0.2) is 74.5 Å². The Hall–Kier alpha value is -1.87. The van der Waals surface area contributed by atoms with Gasteiger partial charge < -0.3 is 14.5 Å². The van der Waals surface area contributed by atoms with Gasteiger partial charge in [-0.1, -0.05) is 36.7 Å². The second kappa shape index (κ2) is 10.6. The van der Waals surface area contributed by atoms with Gasteiger partial charge in [-0.15, -0.1) is 0 Å². The first-order chi connectivity index (χ1) is 15.9. The number of likely N-dealkylation sites (tertiary alicyclic amines) is 1. The van der Waals surface area contributed by atoms with Gasteiger partial charge in [-0.3, -0.25) is 0 Å². The number of ether oxygens (including phenoxy) is 1. The molecule has 2 unspecified atom stereocenters. The normalized spacial score (nSPS) is 21.4. The highest BCUT2D eigenvalue weighted by Crippen LogP contribution is 2.35. The van der Waals surface area contributed by atoms with E-state index in [-0.39, 0.29) is 10.0 Å². The number of para-hydroxylation sites is 1. The van der Waals surface area contributed by atoms with Gasteiger partial charge in [0.05, 0.1) is 11.6 Å². The summed E-state index contributed by atoms with van der Waals surface area (Å²) in [6.45, 7) is 6.02. The van der Waals surface area contributed by atoms with E-state index in [4.69, 9.17) is 16.3 Å². The van der Waals surface area contributed by atoms with Crippen molar-refractivity contribution >= 4 is 27.4 Å². The molecule has 0 N–H and O–H groups in total. The summed E-state index contributed by atoms with van der Waals surface area (Å²) in [5.74, 6) is 1.48. The Morgan fingerprint density at radius 3 is 2.64 bits per heavy atom. The lowest BCUT2D eigenvalue weighted by molar-refractivity contribution is 0.273. The van der Waals surface area contributed by atoms with Gasteiger partial charge in [0.25, 0.3) is 10.0 Å². The summed E-state index contributed by atoms with van der Waals surface area (Å²) in [6, 6.07) is 13.8. The van der Waals surface area contributed by atoms with E-state index in [0.29, 0.717) is 37.5 Å². The fourth-order valence-electron chi connectivity index (χ4n) is 4.81. The van der Waals surface area contributed by atoms with Crippen LogP contribution in [0, 0.1) is 0 Å². The van der Waals surface area contributed by atoms with Gasteiger partial charge in [-0.25, -0.2) is 13.4 Å². The van der Waals surface area contributed by atoms with Crippen LogP contribution in [0.1, 0.15) is 32.6 Å². The number of sulfonamides is 1. The van der Waals surface area contributed by atoms with Crippen LogP contribution in [0.5, 0.6) is 5.75 Å². The van der Waals surface area contributed by atoms with Gasteiger partial charge in [-0.05, 0) is 56.5 Å². The lowest BCUT2D eigenvalue weighted by atomic mass is 10.1. The Morgan fingerprint density at radius 2 is 1.88 bits per heavy atom. The Bertz CT molecular complexity index is 1040. The van der Waals surface area contributed by atoms with E-state index in [1.54, 1.807) is 13.1 Å². The third-order valence-corrected chi connectivity index (χ3v) is 8.88. The van der Waals surface area contributed by atoms with E-state index < -0.39 is 10.0 Å². The zero-order chi connectivity index (χ0) is 23.4. The average molecular weight is 493 g/mol. The van der Waals surface area contributed by atoms with Crippen LogP contribution in [0.2, 0.25) is 5.02 Å². The Balaban J connectivity index is 1.46. The molecule has 0 spiro atoms. The SMILES string of the molecule is CCN1CCC2CCC(C1)N2c1ccc(Cl)c(S(=O)(=O)N(C)CCCOc2ccccc2)n1. The molecule has 0 amide bonds. The Morgan fingerprint density at radius 1 is 1.12 bits per heavy atom. The van der Waals surface area contributed by atoms with Crippen LogP contribution in [-0.2, 0) is 10.0 Å². The molecule has 2 aromatic rings. The number of hydrogen-bond acceptors (Lipinski definition) is 6. The molecule has 2 aliphatic heterocycles. The number of rotatable bonds is 9. The third-order valence-electron chi connectivity index (χ3n) is 6.66. The number of aromatic nitrogens is 1. The fraction of sp³-hybridized carbons (Fsp3) is 0.542. The molecule has 0 saturated carbocycles. The zero-order valence-corrected chi connectivity index (χ0v) is 20.9. The van der Waals surface area contributed by atoms with Crippen LogP contribution < -0.4 is 9.64 Å². The largest absolute Gasteiger partial charge is 0.494 e. The van der Waals surface area contributed by atoms with Gasteiger partial charge in [0.15, 0.2) is 5.03 Å². The van der Waals surface area contributed by atoms with Gasteiger partial charge in [-0.2, -0.15) is 4.31 Å². The summed E-state index contributed by atoms with van der Waals surface area (Å²) < 4.78 is 33.6. The predicted octanol–water partition coefficient (Wildman–Crippen LogP) is 3.89. The maximum absolute atomic E-state index is 13.3. The van der Waals surface area contributed by atoms with Crippen molar-refractivity contribution in [1.82, 2.24) is 14.2 Å². The Kier molecular flexibility index (Phi) is 7.79. The number of hydrogen-bond donors (Lipinski definition) is 0. The maximum Gasteiger partial charge on any atom is 0.261 e. The molecule has 33 heavy (non-hydrogen) atoms. The molecule has 7 nitrogen and oxygen atoms in total. The van der Waals surface area contributed by atoms with Crippen molar-refractivity contribution in [2.45, 2.75) is 49.7 Å². The van der Waals surface area contributed by atoms with E-state index in [1.807, 2.05) is 36.4 Å². The van der Waals surface area contributed by atoms with Crippen LogP contribution in [0.4, 0.5) is 5.82 Å². The summed E-state index contributed by atoms with van der Waals surface area (Å²) in [6.07, 6.45) is 3.86. The topological polar surface area (TPSA) is 66.0 Å². The molecular weight excluding hydrogens is 460 g/mol. The quantitative estimate of drug-likeness (QED) is 0.495. The van der Waals surface area contributed by atoms with E-state index in [2.05, 4.69) is 21.7 Å². The number of pyridine rings is 1. The van der Waals surface area contributed by atoms with E-state index >= 15 is 0 Å². The molecule has 2 bridgehead atoms. The minimum absolute atomic E-state index is 0.0656. The number of halogens is 1. The molecule has 180 valence electrons. The van der Waals surface area contributed by atoms with E-state index in [1.165, 1.54) is 4.31 Å². The van der Waals surface area contributed by atoms with Crippen molar-refractivity contribution in [2.75, 3.05) is 44.7 Å². The lowest BCUT2D eigenvalue weighted by Gasteiger charge is -2.30. The number of fused-ring (bicyclic) bond motifs is 2. The highest BCUT2D eigenvalue weighted by Gasteiger charge is 2.38. The molecule has 3 heterocycles. The molecule has 4 rings (SSSR count). The summed E-state index contributed by atoms with van der Waals surface area (Å²) in [7, 11) is -2.25. The van der Waals surface area contributed by atoms with Crippen LogP contribution >= 0.6 is 11.6 Å². The molecule has 0 radical (unpaired) electrons. The molecule has 0 aliphatic carbocycles. The fourth-order valence-corrected chi connectivity index (χ4v) is 6.39. The summed E-state index contributed by atoms with van der Waals surface area (Å²) in [5.41, 5.74) is 0. The molecule has 2 aliphatic rings. The van der Waals surface area contributed by atoms with E-state index in [9.17, 15) is 8.42 Å². The number of benzene rings is 1. The van der Waals surface area contributed by atoms with Crippen molar-refractivity contribution in [2.24, 2.45) is 0 Å². The second-order valence-electron chi connectivity index (χ2n) is 8.77. The van der Waals surface area contributed by atoms with Gasteiger partial charge in [0, 0.05) is 38.8 Å². The van der Waals surface area contributed by atoms with Gasteiger partial charge >= 0.3 is 0 Å². The summed E-state index contributed by atoms with van der Waals surface area (Å²) >= 11 is 6.35. The lowest BCUT2D eigenvalue weighted by Crippen LogP contribution is -2.40. The number of nitrogens with zero attached hydrogens (tertiary/aromatic N) is 4. The summed E-state index contributed by atoms with van der Waals surface area (Å²) in [5, 5.41) is 0.0904. The average Bonchev–Trinajstić information content (AvgIpc) is 3.11. The maximum atomic E-state index is 13.3. The number of likely N-dealkylation sites (N-methyl/N-ethyl adjacent to an activating group) is 1. The molecule has 2 atom stereocenters. The van der Waals surface area contributed by atoms with Crippen LogP contribution in [0.15, 0.2) is 47.5 Å². The zero-order valence-electron chi connectivity index (χ0n) is 19.4. The first kappa shape index (κ1) is 24.3. The number of anilines is 1. The molecular formula is C24H33ClN4O3S. The predicted molar refractivity (Wildman–Crippen MR) is 132 cm³/mol. The molecule has 2 saturated heterocycles. The van der Waals surface area contributed by atoms with Crippen molar-refractivity contribution in [1.29, 1.82) is 0 Å². The highest BCUT2D eigenvalue weighted by atomic mass is 35.5. The first-order valence-electron chi connectivity index (χ1n) is 11.7. The molecule has 9 heteroatoms. The summed E-state index contributed by atoms with van der Waals surface area (Å²) in [4.78, 5) is 9.41. The van der Waals surface area contributed by atoms with Gasteiger partial charge in [0.1, 0.15) is 11.6 Å². The van der Waals surface area contributed by atoms with Gasteiger partial charge in [0.2, 0.25) is 0 Å². The van der Waals surface area contributed by atoms with Crippen molar-refractivity contribution in [3.63, 3.8) is 0 Å². The van der Waals surface area contributed by atoms with Crippen molar-refractivity contribution in [3.05, 3.63) is 47.5 Å². The Labute approximate surface area is 202 Å². The van der Waals surface area contributed by atoms with Crippen LogP contribution in [0.3, 0.4) is 0 Å². The molecule has 2 fully saturated rings. The first-order valence-corrected chi connectivity index (χ1v) is 13.5. The van der Waals surface area contributed by atoms with E-state index in [0.717, 1.165) is 44.6 Å². The van der Waals surface area contributed by atoms with Crippen molar-refractivity contribution < 1.29 is 13.2 Å². The smallest absolute Gasteiger partial charge is 0.261 e. The minimum Gasteiger partial charge on any atom is -0.494 e. The monoisotopic (exact) mass is 492 g/mol. The second-order valence-corrected chi connectivity index (χ2v) is 11.1. The minimum atomic E-state index is -3.82.